The molecule has 0 aliphatic carbocycles. The molecule has 0 radical (unpaired) electrons. The second kappa shape index (κ2) is 25.0. The summed E-state index contributed by atoms with van der Waals surface area (Å²) in [6.07, 6.45) is 21.7. The van der Waals surface area contributed by atoms with Crippen LogP contribution in [0.15, 0.2) is 42.4 Å². The maximum absolute atomic E-state index is 2.31. The molecule has 4 aliphatic rings. The first-order chi connectivity index (χ1) is 22.7. The molecule has 0 aromatic carbocycles. The van der Waals surface area contributed by atoms with E-state index in [1.165, 1.54) is 143 Å². The number of hydrogen-bond acceptors (Lipinski definition) is 12. The van der Waals surface area contributed by atoms with Gasteiger partial charge in [0.05, 0.1) is 42.4 Å². The predicted octanol–water partition coefficient (Wildman–Crippen LogP) is 17.8. The zero-order chi connectivity index (χ0) is 32.4. The van der Waals surface area contributed by atoms with E-state index in [2.05, 4.69) is 169 Å². The monoisotopic (exact) mass is 844 g/mol. The Labute approximate surface area is 333 Å². The molecule has 0 nitrogen and oxygen atoms in total. The van der Waals surface area contributed by atoms with E-state index < -0.39 is 0 Å². The van der Waals surface area contributed by atoms with E-state index in [0.29, 0.717) is 0 Å². The molecule has 0 amide bonds. The Balaban J connectivity index is 1.32. The molecule has 12 heteroatoms. The minimum atomic E-state index is 1.27. The summed E-state index contributed by atoms with van der Waals surface area (Å²) in [6, 6.07) is 0. The van der Waals surface area contributed by atoms with E-state index in [0.717, 1.165) is 0 Å². The second-order valence-corrected chi connectivity index (χ2v) is 26.5. The van der Waals surface area contributed by atoms with Gasteiger partial charge in [0.2, 0.25) is 0 Å². The van der Waals surface area contributed by atoms with Crippen molar-refractivity contribution in [1.82, 2.24) is 0 Å². The first kappa shape index (κ1) is 41.7. The Morgan fingerprint density at radius 2 is 0.500 bits per heavy atom. The first-order valence-electron chi connectivity index (χ1n) is 17.3. The molecule has 0 saturated heterocycles. The van der Waals surface area contributed by atoms with Gasteiger partial charge in [-0.15, -0.1) is 47.0 Å². The molecule has 4 rings (SSSR count). The predicted molar refractivity (Wildman–Crippen MR) is 242 cm³/mol. The standard InChI is InChI=1S/C34H52S12/c1-5-9-13-17-21-35-25-26(36-22-18-14-10-6-2)40-29(39-25)31-43-33-34(44-31)46-32(45-33)30-41-27(37-23-19-15-11-7-3)28(42-30)38-24-20-16-12-8-4/h5-24H2,1-4H3. The zero-order valence-corrected chi connectivity index (χ0v) is 37.8. The summed E-state index contributed by atoms with van der Waals surface area (Å²) in [6.45, 7) is 9.24. The lowest BCUT2D eigenvalue weighted by atomic mass is 10.2. The third kappa shape index (κ3) is 14.4. The van der Waals surface area contributed by atoms with Gasteiger partial charge in [0.1, 0.15) is 0 Å². The Kier molecular flexibility index (Phi) is 22.7. The van der Waals surface area contributed by atoms with Gasteiger partial charge in [-0.25, -0.2) is 0 Å². The van der Waals surface area contributed by atoms with Crippen molar-refractivity contribution in [2.45, 2.75) is 130 Å². The minimum absolute atomic E-state index is 1.27. The van der Waals surface area contributed by atoms with Gasteiger partial charge in [-0.3, -0.25) is 0 Å². The molecule has 0 spiro atoms. The van der Waals surface area contributed by atoms with E-state index in [9.17, 15) is 0 Å². The van der Waals surface area contributed by atoms with Crippen molar-refractivity contribution in [3.63, 3.8) is 0 Å². The van der Waals surface area contributed by atoms with Gasteiger partial charge in [0.25, 0.3) is 0 Å². The number of thioether (sulfide) groups is 12. The molecule has 0 unspecified atom stereocenters. The van der Waals surface area contributed by atoms with E-state index in [4.69, 9.17) is 0 Å². The smallest absolute Gasteiger partial charge is 0.0718 e. The summed E-state index contributed by atoms with van der Waals surface area (Å²) in [4.78, 5) is 0. The molecular formula is C34H52S12. The fraction of sp³-hybridized carbons (Fsp3) is 0.706. The quantitative estimate of drug-likeness (QED) is 0.0850. The third-order valence-corrected chi connectivity index (χ3v) is 25.3. The topological polar surface area (TPSA) is 0 Å². The summed E-state index contributed by atoms with van der Waals surface area (Å²) in [5.74, 6) is 5.07. The number of hydrogen-bond donors (Lipinski definition) is 0. The Hall–Kier alpha value is 2.90. The van der Waals surface area contributed by atoms with E-state index >= 15 is 0 Å². The van der Waals surface area contributed by atoms with Gasteiger partial charge in [0.15, 0.2) is 0 Å². The highest BCUT2D eigenvalue weighted by Gasteiger charge is 2.37. The van der Waals surface area contributed by atoms with Crippen molar-refractivity contribution in [3.05, 3.63) is 42.4 Å². The molecule has 0 fully saturated rings. The van der Waals surface area contributed by atoms with Crippen LogP contribution in [0.5, 0.6) is 0 Å². The molecule has 0 N–H and O–H groups in total. The van der Waals surface area contributed by atoms with Crippen LogP contribution in [0.2, 0.25) is 0 Å². The van der Waals surface area contributed by atoms with Crippen molar-refractivity contribution in [3.8, 4) is 0 Å². The van der Waals surface area contributed by atoms with Gasteiger partial charge in [-0.05, 0) is 48.7 Å². The van der Waals surface area contributed by atoms with E-state index in [-0.39, 0.29) is 0 Å². The lowest BCUT2D eigenvalue weighted by molar-refractivity contribution is 0.707. The van der Waals surface area contributed by atoms with Crippen LogP contribution >= 0.6 is 141 Å². The van der Waals surface area contributed by atoms with Crippen LogP contribution in [-0.4, -0.2) is 23.0 Å². The SMILES string of the molecule is CCCCCCSC1=C(SCCCCCC)SC(=C2SC3=C(S2)SC(=C2SC(SCCCCCC)=C(SCCCCCC)S2)S3)S1. The Morgan fingerprint density at radius 3 is 0.717 bits per heavy atom. The van der Waals surface area contributed by atoms with E-state index in [1.807, 2.05) is 0 Å². The Bertz CT molecular complexity index is 957. The highest BCUT2D eigenvalue weighted by Crippen LogP contribution is 2.73. The van der Waals surface area contributed by atoms with Crippen LogP contribution in [0.1, 0.15) is 130 Å². The van der Waals surface area contributed by atoms with Crippen molar-refractivity contribution in [2.75, 3.05) is 23.0 Å². The summed E-state index contributed by atoms with van der Waals surface area (Å²) in [5, 5.41) is 0. The van der Waals surface area contributed by atoms with E-state index in [1.54, 1.807) is 25.4 Å². The van der Waals surface area contributed by atoms with Crippen molar-refractivity contribution in [2.24, 2.45) is 0 Å². The van der Waals surface area contributed by atoms with Crippen LogP contribution < -0.4 is 0 Å². The summed E-state index contributed by atoms with van der Waals surface area (Å²) in [5.41, 5.74) is 0. The Morgan fingerprint density at radius 1 is 0.283 bits per heavy atom. The molecule has 0 bridgehead atoms. The molecule has 46 heavy (non-hydrogen) atoms. The van der Waals surface area contributed by atoms with Gasteiger partial charge >= 0.3 is 0 Å². The molecule has 260 valence electrons. The maximum Gasteiger partial charge on any atom is 0.0718 e. The van der Waals surface area contributed by atoms with Crippen molar-refractivity contribution in [1.29, 1.82) is 0 Å². The van der Waals surface area contributed by atoms with Crippen LogP contribution in [0, 0.1) is 0 Å². The molecule has 0 aromatic rings. The zero-order valence-electron chi connectivity index (χ0n) is 28.0. The first-order valence-corrected chi connectivity index (χ1v) is 27.8. The molecule has 0 saturated carbocycles. The van der Waals surface area contributed by atoms with Gasteiger partial charge in [-0.1, -0.05) is 199 Å². The maximum atomic E-state index is 2.31. The minimum Gasteiger partial charge on any atom is -0.117 e. The van der Waals surface area contributed by atoms with Gasteiger partial charge in [-0.2, -0.15) is 0 Å². The highest BCUT2D eigenvalue weighted by molar-refractivity contribution is 8.51. The summed E-state index contributed by atoms with van der Waals surface area (Å²) >= 11 is 25.1. The lowest BCUT2D eigenvalue weighted by Gasteiger charge is -2.07. The van der Waals surface area contributed by atoms with Gasteiger partial charge in [0, 0.05) is 0 Å². The fourth-order valence-corrected chi connectivity index (χ4v) is 23.5. The second-order valence-electron chi connectivity index (χ2n) is 11.3. The van der Waals surface area contributed by atoms with Gasteiger partial charge < -0.3 is 0 Å². The highest BCUT2D eigenvalue weighted by atomic mass is 32.3. The van der Waals surface area contributed by atoms with Crippen LogP contribution in [0.25, 0.3) is 0 Å². The lowest BCUT2D eigenvalue weighted by Crippen LogP contribution is -1.83. The largest absolute Gasteiger partial charge is 0.117 e. The average molecular weight is 846 g/mol. The third-order valence-electron chi connectivity index (χ3n) is 7.24. The average Bonchev–Trinajstić information content (AvgIpc) is 3.83. The normalized spacial score (nSPS) is 18.5. The van der Waals surface area contributed by atoms with Crippen LogP contribution in [0.3, 0.4) is 0 Å². The molecular weight excluding hydrogens is 793 g/mol. The van der Waals surface area contributed by atoms with Crippen molar-refractivity contribution < 1.29 is 0 Å². The number of unbranched alkanes of at least 4 members (excludes halogenated alkanes) is 12. The molecule has 0 aromatic heterocycles. The summed E-state index contributed by atoms with van der Waals surface area (Å²) in [7, 11) is 0. The van der Waals surface area contributed by atoms with Crippen molar-refractivity contribution >= 4 is 141 Å². The number of rotatable bonds is 24. The molecule has 4 aliphatic heterocycles. The van der Waals surface area contributed by atoms with Crippen LogP contribution in [-0.2, 0) is 0 Å². The molecule has 4 heterocycles. The summed E-state index contributed by atoms with van der Waals surface area (Å²) < 4.78 is 15.6. The van der Waals surface area contributed by atoms with Crippen LogP contribution in [0.4, 0.5) is 0 Å². The molecule has 0 atom stereocenters. The fourth-order valence-electron chi connectivity index (χ4n) is 4.59.